The Hall–Kier alpha value is -2.37. The minimum atomic E-state index is -0.696. The maximum atomic E-state index is 13.0. The smallest absolute Gasteiger partial charge is 0.338 e. The van der Waals surface area contributed by atoms with Gasteiger partial charge in [0.05, 0.1) is 11.0 Å². The van der Waals surface area contributed by atoms with Crippen molar-refractivity contribution < 1.29 is 19.1 Å². The fourth-order valence-corrected chi connectivity index (χ4v) is 5.56. The largest absolute Gasteiger partial charge is 0.452 e. The molecular formula is C20H24N2O4. The Labute approximate surface area is 152 Å². The number of primary amides is 1. The number of carbonyl (C=O) groups is 3. The van der Waals surface area contributed by atoms with Gasteiger partial charge in [0, 0.05) is 5.69 Å². The normalized spacial score (nSPS) is 31.5. The number of carbonyl (C=O) groups excluding carboxylic acids is 3. The highest BCUT2D eigenvalue weighted by atomic mass is 16.5. The fourth-order valence-electron chi connectivity index (χ4n) is 5.56. The van der Waals surface area contributed by atoms with Gasteiger partial charge in [0.15, 0.2) is 6.61 Å². The fraction of sp³-hybridized carbons (Fsp3) is 0.550. The molecule has 0 unspecified atom stereocenters. The monoisotopic (exact) mass is 356 g/mol. The van der Waals surface area contributed by atoms with Crippen LogP contribution in [0.25, 0.3) is 0 Å². The third-order valence-corrected chi connectivity index (χ3v) is 6.24. The molecule has 6 heteroatoms. The van der Waals surface area contributed by atoms with Crippen LogP contribution in [0.3, 0.4) is 0 Å². The molecule has 0 saturated heterocycles. The maximum Gasteiger partial charge on any atom is 0.338 e. The molecule has 4 aliphatic carbocycles. The minimum absolute atomic E-state index is 0.126. The van der Waals surface area contributed by atoms with Crippen molar-refractivity contribution in [2.75, 3.05) is 11.9 Å². The number of rotatable bonds is 5. The van der Waals surface area contributed by atoms with Crippen LogP contribution in [0.2, 0.25) is 0 Å². The van der Waals surface area contributed by atoms with Gasteiger partial charge in [-0.05, 0) is 80.5 Å². The average molecular weight is 356 g/mol. The van der Waals surface area contributed by atoms with E-state index < -0.39 is 18.5 Å². The van der Waals surface area contributed by atoms with Gasteiger partial charge in [0.1, 0.15) is 0 Å². The number of anilines is 1. The first kappa shape index (κ1) is 17.1. The highest BCUT2D eigenvalue weighted by molar-refractivity contribution is 5.96. The van der Waals surface area contributed by atoms with Crippen LogP contribution in [0.15, 0.2) is 24.3 Å². The topological polar surface area (TPSA) is 98.5 Å². The van der Waals surface area contributed by atoms with Crippen LogP contribution in [-0.2, 0) is 14.3 Å². The standard InChI is InChI=1S/C20H24N2O4/c21-17(23)11-26-18(24)15-1-3-16(4-2-15)22-19(25)20-8-12-5-13(9-20)7-14(6-12)10-20/h1-4,12-14H,5-11H2,(H2,21,23)(H,22,25). The lowest BCUT2D eigenvalue weighted by Crippen LogP contribution is -2.51. The van der Waals surface area contributed by atoms with E-state index in [0.717, 1.165) is 37.0 Å². The Bertz CT molecular complexity index is 705. The van der Waals surface area contributed by atoms with Crippen molar-refractivity contribution in [2.24, 2.45) is 28.9 Å². The van der Waals surface area contributed by atoms with E-state index in [9.17, 15) is 14.4 Å². The number of nitrogens with one attached hydrogen (secondary N) is 1. The molecular weight excluding hydrogens is 332 g/mol. The lowest BCUT2D eigenvalue weighted by Gasteiger charge is -2.55. The summed E-state index contributed by atoms with van der Waals surface area (Å²) in [6, 6.07) is 6.55. The summed E-state index contributed by atoms with van der Waals surface area (Å²) in [4.78, 5) is 35.5. The molecule has 4 bridgehead atoms. The zero-order chi connectivity index (χ0) is 18.3. The quantitative estimate of drug-likeness (QED) is 0.792. The zero-order valence-corrected chi connectivity index (χ0v) is 14.7. The second-order valence-corrected chi connectivity index (χ2v) is 8.27. The molecule has 4 saturated carbocycles. The lowest BCUT2D eigenvalue weighted by atomic mass is 9.49. The van der Waals surface area contributed by atoms with E-state index >= 15 is 0 Å². The van der Waals surface area contributed by atoms with E-state index in [4.69, 9.17) is 10.5 Å². The maximum absolute atomic E-state index is 13.0. The molecule has 6 nitrogen and oxygen atoms in total. The molecule has 2 amide bonds. The highest BCUT2D eigenvalue weighted by Crippen LogP contribution is 2.60. The van der Waals surface area contributed by atoms with Gasteiger partial charge in [-0.15, -0.1) is 0 Å². The van der Waals surface area contributed by atoms with Gasteiger partial charge < -0.3 is 15.8 Å². The van der Waals surface area contributed by atoms with E-state index in [1.807, 2.05) is 0 Å². The number of esters is 1. The molecule has 0 aliphatic heterocycles. The molecule has 4 aliphatic rings. The predicted molar refractivity (Wildman–Crippen MR) is 95.2 cm³/mol. The van der Waals surface area contributed by atoms with Crippen molar-refractivity contribution >= 4 is 23.5 Å². The van der Waals surface area contributed by atoms with Gasteiger partial charge in [-0.2, -0.15) is 0 Å². The second-order valence-electron chi connectivity index (χ2n) is 8.27. The summed E-state index contributed by atoms with van der Waals surface area (Å²) in [5.74, 6) is 0.972. The highest BCUT2D eigenvalue weighted by Gasteiger charge is 2.54. The van der Waals surface area contributed by atoms with Crippen LogP contribution < -0.4 is 11.1 Å². The number of amides is 2. The molecule has 138 valence electrons. The number of nitrogens with two attached hydrogens (primary N) is 1. The van der Waals surface area contributed by atoms with Gasteiger partial charge in [0.25, 0.3) is 5.91 Å². The molecule has 5 rings (SSSR count). The summed E-state index contributed by atoms with van der Waals surface area (Å²) in [6.07, 6.45) is 6.95. The number of ether oxygens (including phenoxy) is 1. The zero-order valence-electron chi connectivity index (χ0n) is 14.7. The molecule has 0 aromatic heterocycles. The van der Waals surface area contributed by atoms with Crippen LogP contribution in [0.1, 0.15) is 48.9 Å². The van der Waals surface area contributed by atoms with Crippen LogP contribution >= 0.6 is 0 Å². The molecule has 1 aromatic carbocycles. The first-order chi connectivity index (χ1) is 12.4. The van der Waals surface area contributed by atoms with Gasteiger partial charge in [-0.25, -0.2) is 4.79 Å². The minimum Gasteiger partial charge on any atom is -0.452 e. The van der Waals surface area contributed by atoms with Gasteiger partial charge in [0.2, 0.25) is 5.91 Å². The second kappa shape index (κ2) is 6.41. The van der Waals surface area contributed by atoms with Gasteiger partial charge in [-0.3, -0.25) is 9.59 Å². The Morgan fingerprint density at radius 1 is 1.00 bits per heavy atom. The van der Waals surface area contributed by atoms with E-state index in [1.165, 1.54) is 19.3 Å². The number of benzene rings is 1. The number of hydrogen-bond donors (Lipinski definition) is 2. The summed E-state index contributed by atoms with van der Waals surface area (Å²) in [7, 11) is 0. The number of hydrogen-bond acceptors (Lipinski definition) is 4. The lowest BCUT2D eigenvalue weighted by molar-refractivity contribution is -0.140. The molecule has 26 heavy (non-hydrogen) atoms. The molecule has 3 N–H and O–H groups in total. The van der Waals surface area contributed by atoms with Crippen molar-refractivity contribution in [3.8, 4) is 0 Å². The Morgan fingerprint density at radius 3 is 2.04 bits per heavy atom. The third kappa shape index (κ3) is 3.20. The first-order valence-corrected chi connectivity index (χ1v) is 9.30. The summed E-state index contributed by atoms with van der Waals surface area (Å²) in [5, 5.41) is 3.05. The van der Waals surface area contributed by atoms with Crippen molar-refractivity contribution in [3.63, 3.8) is 0 Å². The summed E-state index contributed by atoms with van der Waals surface area (Å²) >= 11 is 0. The third-order valence-electron chi connectivity index (χ3n) is 6.24. The predicted octanol–water partition coefficient (Wildman–Crippen LogP) is 2.48. The Balaban J connectivity index is 1.40. The molecule has 0 spiro atoms. The summed E-state index contributed by atoms with van der Waals surface area (Å²) < 4.78 is 4.77. The Morgan fingerprint density at radius 2 is 1.54 bits per heavy atom. The van der Waals surface area contributed by atoms with E-state index in [0.29, 0.717) is 11.3 Å². The van der Waals surface area contributed by atoms with E-state index in [1.54, 1.807) is 24.3 Å². The van der Waals surface area contributed by atoms with Crippen LogP contribution in [0.4, 0.5) is 5.69 Å². The van der Waals surface area contributed by atoms with Crippen LogP contribution in [0, 0.1) is 23.2 Å². The van der Waals surface area contributed by atoms with Crippen LogP contribution in [-0.4, -0.2) is 24.4 Å². The van der Waals surface area contributed by atoms with Gasteiger partial charge >= 0.3 is 5.97 Å². The van der Waals surface area contributed by atoms with Gasteiger partial charge in [-0.1, -0.05) is 0 Å². The van der Waals surface area contributed by atoms with Crippen molar-refractivity contribution in [3.05, 3.63) is 29.8 Å². The SMILES string of the molecule is NC(=O)COC(=O)c1ccc(NC(=O)C23CC4CC(CC(C4)C2)C3)cc1. The average Bonchev–Trinajstić information content (AvgIpc) is 2.59. The van der Waals surface area contributed by atoms with Crippen molar-refractivity contribution in [2.45, 2.75) is 38.5 Å². The molecule has 0 heterocycles. The van der Waals surface area contributed by atoms with Crippen molar-refractivity contribution in [1.82, 2.24) is 0 Å². The van der Waals surface area contributed by atoms with Crippen LogP contribution in [0.5, 0.6) is 0 Å². The van der Waals surface area contributed by atoms with E-state index in [-0.39, 0.29) is 11.3 Å². The molecule has 0 atom stereocenters. The molecule has 1 aromatic rings. The molecule has 4 fully saturated rings. The summed E-state index contributed by atoms with van der Waals surface area (Å²) in [5.41, 5.74) is 5.75. The van der Waals surface area contributed by atoms with Crippen molar-refractivity contribution in [1.29, 1.82) is 0 Å². The first-order valence-electron chi connectivity index (χ1n) is 9.30. The van der Waals surface area contributed by atoms with E-state index in [2.05, 4.69) is 5.32 Å². The Kier molecular flexibility index (Phi) is 4.21. The molecule has 0 radical (unpaired) electrons. The summed E-state index contributed by atoms with van der Waals surface area (Å²) in [6.45, 7) is -0.441.